The number of rotatable bonds is 27. The zero-order valence-corrected chi connectivity index (χ0v) is 27.3. The number of benzene rings is 2. The van der Waals surface area contributed by atoms with Crippen LogP contribution in [0, 0.1) is 0 Å². The van der Waals surface area contributed by atoms with Gasteiger partial charge in [-0.2, -0.15) is 0 Å². The van der Waals surface area contributed by atoms with E-state index < -0.39 is 12.0 Å². The molecule has 1 amide bonds. The number of carbonyl (C=O) groups is 4. The van der Waals surface area contributed by atoms with Gasteiger partial charge in [0, 0.05) is 26.5 Å². The maximum atomic E-state index is 12.3. The van der Waals surface area contributed by atoms with Crippen molar-refractivity contribution in [2.45, 2.75) is 76.7 Å². The van der Waals surface area contributed by atoms with Crippen LogP contribution in [-0.4, -0.2) is 82.8 Å². The van der Waals surface area contributed by atoms with Crippen molar-refractivity contribution >= 4 is 23.4 Å². The van der Waals surface area contributed by atoms with Crippen molar-refractivity contribution in [3.63, 3.8) is 0 Å². The number of amides is 1. The molecule has 0 aliphatic carbocycles. The van der Waals surface area contributed by atoms with Crippen LogP contribution in [0.15, 0.2) is 54.6 Å². The maximum Gasteiger partial charge on any atom is 0.308 e. The fourth-order valence-electron chi connectivity index (χ4n) is 4.67. The fraction of sp³-hybridized carbons (Fsp3) is 0.556. The summed E-state index contributed by atoms with van der Waals surface area (Å²) in [6.45, 7) is 1.65. The number of methoxy groups -OCH3 is 1. The van der Waals surface area contributed by atoms with E-state index in [4.69, 9.17) is 24.7 Å². The normalized spacial score (nSPS) is 11.6. The van der Waals surface area contributed by atoms with Gasteiger partial charge >= 0.3 is 5.97 Å². The van der Waals surface area contributed by atoms with Gasteiger partial charge in [0.15, 0.2) is 11.6 Å². The van der Waals surface area contributed by atoms with Gasteiger partial charge in [0.25, 0.3) is 0 Å². The van der Waals surface area contributed by atoms with Crippen LogP contribution < -0.4 is 11.1 Å². The molecule has 0 saturated carbocycles. The minimum absolute atomic E-state index is 0.0300. The van der Waals surface area contributed by atoms with Crippen molar-refractivity contribution in [2.75, 3.05) is 53.3 Å². The molecule has 0 heterocycles. The smallest absolute Gasteiger partial charge is 0.308 e. The zero-order valence-electron chi connectivity index (χ0n) is 27.3. The van der Waals surface area contributed by atoms with Crippen molar-refractivity contribution in [1.82, 2.24) is 5.32 Å². The Hall–Kier alpha value is -3.44. The van der Waals surface area contributed by atoms with Gasteiger partial charge in [0.05, 0.1) is 38.9 Å². The van der Waals surface area contributed by atoms with E-state index in [1.54, 1.807) is 7.11 Å². The molecule has 10 nitrogen and oxygen atoms in total. The lowest BCUT2D eigenvalue weighted by atomic mass is 10.0. The number of unbranched alkanes of at least 4 members (excludes halogenated alkanes) is 3. The molecule has 0 aliphatic rings. The highest BCUT2D eigenvalue weighted by Gasteiger charge is 2.14. The zero-order chi connectivity index (χ0) is 33.2. The molecule has 0 unspecified atom stereocenters. The number of esters is 1. The summed E-state index contributed by atoms with van der Waals surface area (Å²) in [5, 5.41) is 2.64. The Morgan fingerprint density at radius 2 is 1.35 bits per heavy atom. The van der Waals surface area contributed by atoms with Gasteiger partial charge in [-0.25, -0.2) is 0 Å². The molecule has 0 bridgehead atoms. The average Bonchev–Trinajstić information content (AvgIpc) is 3.06. The SMILES string of the molecule is COCCOCCOCC(=O)CCCCC[C@H](N)C(=O)NCCC(=O)OCC(=O)Cc1ccc(CCCCc2ccccc2)cc1. The summed E-state index contributed by atoms with van der Waals surface area (Å²) >= 11 is 0. The number of nitrogens with one attached hydrogen (secondary N) is 1. The Morgan fingerprint density at radius 3 is 2.07 bits per heavy atom. The van der Waals surface area contributed by atoms with E-state index in [0.29, 0.717) is 52.1 Å². The summed E-state index contributed by atoms with van der Waals surface area (Å²) in [5.74, 6) is -1.06. The molecule has 46 heavy (non-hydrogen) atoms. The molecule has 3 N–H and O–H groups in total. The van der Waals surface area contributed by atoms with Gasteiger partial charge in [-0.15, -0.1) is 0 Å². The van der Waals surface area contributed by atoms with E-state index in [1.807, 2.05) is 30.3 Å². The minimum Gasteiger partial charge on any atom is -0.458 e. The molecule has 2 rings (SSSR count). The molecule has 0 fully saturated rings. The molecule has 0 saturated heterocycles. The van der Waals surface area contributed by atoms with Crippen LogP contribution in [0.5, 0.6) is 0 Å². The van der Waals surface area contributed by atoms with Crippen molar-refractivity contribution in [1.29, 1.82) is 0 Å². The highest BCUT2D eigenvalue weighted by molar-refractivity contribution is 5.85. The second-order valence-electron chi connectivity index (χ2n) is 11.3. The number of carbonyl (C=O) groups excluding carboxylic acids is 4. The van der Waals surface area contributed by atoms with E-state index >= 15 is 0 Å². The Kier molecular flexibility index (Phi) is 20.8. The summed E-state index contributed by atoms with van der Waals surface area (Å²) < 4.78 is 20.5. The molecule has 0 radical (unpaired) electrons. The standard InChI is InChI=1S/C36H52N2O8/c1-43-22-23-44-24-25-45-27-32(39)14-6-3-7-15-34(37)36(42)38-21-20-35(41)46-28-33(40)26-31-18-16-30(17-19-31)13-9-8-12-29-10-4-2-5-11-29/h2,4-5,10-11,16-19,34H,3,6-9,12-15,20-28,37H2,1H3,(H,38,42)/t34-/m0/s1. The lowest BCUT2D eigenvalue weighted by molar-refractivity contribution is -0.147. The van der Waals surface area contributed by atoms with Gasteiger partial charge in [-0.3, -0.25) is 19.2 Å². The molecule has 0 spiro atoms. The molecule has 0 aliphatic heterocycles. The number of hydrogen-bond acceptors (Lipinski definition) is 9. The average molecular weight is 641 g/mol. The summed E-state index contributed by atoms with van der Waals surface area (Å²) in [6, 6.07) is 17.8. The highest BCUT2D eigenvalue weighted by atomic mass is 16.5. The monoisotopic (exact) mass is 640 g/mol. The second kappa shape index (κ2) is 24.7. The minimum atomic E-state index is -0.699. The van der Waals surface area contributed by atoms with Crippen molar-refractivity contribution in [3.8, 4) is 0 Å². The van der Waals surface area contributed by atoms with Crippen LogP contribution in [0.25, 0.3) is 0 Å². The largest absolute Gasteiger partial charge is 0.458 e. The summed E-state index contributed by atoms with van der Waals surface area (Å²) in [6.07, 6.45) is 7.51. The van der Waals surface area contributed by atoms with E-state index in [1.165, 1.54) is 11.1 Å². The number of Topliss-reactive ketones (excluding diaryl/α,β-unsaturated/α-hetero) is 2. The summed E-state index contributed by atoms with van der Waals surface area (Å²) in [5.41, 5.74) is 9.43. The topological polar surface area (TPSA) is 143 Å². The number of aryl methyl sites for hydroxylation is 2. The molecule has 254 valence electrons. The van der Waals surface area contributed by atoms with Gasteiger partial charge in [0.2, 0.25) is 5.91 Å². The number of ketones is 2. The number of ether oxygens (including phenoxy) is 4. The van der Waals surface area contributed by atoms with Gasteiger partial charge < -0.3 is 30.0 Å². The Labute approximate surface area is 273 Å². The Bertz CT molecular complexity index is 1140. The van der Waals surface area contributed by atoms with Gasteiger partial charge in [-0.05, 0) is 55.2 Å². The first-order valence-electron chi connectivity index (χ1n) is 16.4. The van der Waals surface area contributed by atoms with Gasteiger partial charge in [-0.1, -0.05) is 67.4 Å². The lowest BCUT2D eigenvalue weighted by Crippen LogP contribution is -2.41. The molecular formula is C36H52N2O8. The molecule has 0 aromatic heterocycles. The highest BCUT2D eigenvalue weighted by Crippen LogP contribution is 2.12. The first kappa shape index (κ1) is 38.7. The van der Waals surface area contributed by atoms with Crippen molar-refractivity contribution in [2.24, 2.45) is 5.73 Å². The maximum absolute atomic E-state index is 12.3. The van der Waals surface area contributed by atoms with Crippen LogP contribution in [0.4, 0.5) is 0 Å². The summed E-state index contributed by atoms with van der Waals surface area (Å²) in [7, 11) is 1.60. The Balaban J connectivity index is 1.46. The third-order valence-electron chi connectivity index (χ3n) is 7.34. The van der Waals surface area contributed by atoms with E-state index in [9.17, 15) is 19.2 Å². The molecule has 1 atom stereocenters. The van der Waals surface area contributed by atoms with E-state index in [2.05, 4.69) is 29.6 Å². The number of hydrogen-bond donors (Lipinski definition) is 2. The van der Waals surface area contributed by atoms with E-state index in [-0.39, 0.29) is 50.1 Å². The van der Waals surface area contributed by atoms with Crippen LogP contribution >= 0.6 is 0 Å². The first-order valence-corrected chi connectivity index (χ1v) is 16.4. The van der Waals surface area contributed by atoms with Crippen LogP contribution in [0.3, 0.4) is 0 Å². The Morgan fingerprint density at radius 1 is 0.696 bits per heavy atom. The van der Waals surface area contributed by atoms with Crippen LogP contribution in [0.1, 0.15) is 68.1 Å². The quantitative estimate of drug-likeness (QED) is 0.110. The number of nitrogens with two attached hydrogens (primary N) is 1. The molecule has 10 heteroatoms. The van der Waals surface area contributed by atoms with Crippen LogP contribution in [0.2, 0.25) is 0 Å². The molecular weight excluding hydrogens is 588 g/mol. The predicted octanol–water partition coefficient (Wildman–Crippen LogP) is 3.94. The van der Waals surface area contributed by atoms with Crippen LogP contribution in [-0.2, 0) is 57.4 Å². The molecule has 2 aromatic rings. The third-order valence-corrected chi connectivity index (χ3v) is 7.34. The fourth-order valence-corrected chi connectivity index (χ4v) is 4.67. The van der Waals surface area contributed by atoms with Gasteiger partial charge in [0.1, 0.15) is 13.2 Å². The van der Waals surface area contributed by atoms with Crippen molar-refractivity contribution in [3.05, 3.63) is 71.3 Å². The third kappa shape index (κ3) is 19.2. The first-order chi connectivity index (χ1) is 22.4. The second-order valence-corrected chi connectivity index (χ2v) is 11.3. The van der Waals surface area contributed by atoms with Crippen molar-refractivity contribution < 1.29 is 38.1 Å². The van der Waals surface area contributed by atoms with E-state index in [0.717, 1.165) is 37.7 Å². The molecule has 2 aromatic carbocycles. The lowest BCUT2D eigenvalue weighted by Gasteiger charge is -2.12. The summed E-state index contributed by atoms with van der Waals surface area (Å²) in [4.78, 5) is 48.4. The predicted molar refractivity (Wildman–Crippen MR) is 176 cm³/mol.